The van der Waals surface area contributed by atoms with E-state index in [9.17, 15) is 4.79 Å². The number of aryl methyl sites for hydroxylation is 2. The molecule has 1 fully saturated rings. The van der Waals surface area contributed by atoms with Crippen LogP contribution in [-0.4, -0.2) is 21.0 Å². The summed E-state index contributed by atoms with van der Waals surface area (Å²) in [5, 5.41) is 10.1. The SMILES string of the molecule is Cc1cc(C(=O)Nc2nc(C3CC3)cs2)c2c(C)noc2n1. The third kappa shape index (κ3) is 2.27. The van der Waals surface area contributed by atoms with Crippen molar-refractivity contribution in [3.05, 3.63) is 34.1 Å². The molecule has 3 heterocycles. The van der Waals surface area contributed by atoms with Crippen molar-refractivity contribution in [3.63, 3.8) is 0 Å². The van der Waals surface area contributed by atoms with Gasteiger partial charge in [-0.25, -0.2) is 9.97 Å². The lowest BCUT2D eigenvalue weighted by Crippen LogP contribution is -2.13. The highest BCUT2D eigenvalue weighted by atomic mass is 32.1. The number of nitrogens with zero attached hydrogens (tertiary/aromatic N) is 3. The molecule has 0 radical (unpaired) electrons. The number of anilines is 1. The number of amides is 1. The van der Waals surface area contributed by atoms with Crippen LogP contribution in [0.25, 0.3) is 11.1 Å². The molecule has 1 aliphatic rings. The maximum Gasteiger partial charge on any atom is 0.258 e. The molecule has 0 aliphatic heterocycles. The van der Waals surface area contributed by atoms with Crippen LogP contribution in [0.3, 0.4) is 0 Å². The largest absolute Gasteiger partial charge is 0.336 e. The number of carbonyl (C=O) groups excluding carboxylic acids is 1. The molecule has 3 aromatic rings. The summed E-state index contributed by atoms with van der Waals surface area (Å²) < 4.78 is 5.16. The van der Waals surface area contributed by atoms with Gasteiger partial charge in [0.15, 0.2) is 5.13 Å². The van der Waals surface area contributed by atoms with E-state index >= 15 is 0 Å². The fourth-order valence-corrected chi connectivity index (χ4v) is 3.26. The van der Waals surface area contributed by atoms with E-state index in [1.54, 1.807) is 13.0 Å². The molecule has 0 spiro atoms. The molecule has 0 atom stereocenters. The van der Waals surface area contributed by atoms with Crippen LogP contribution in [0.1, 0.15) is 46.2 Å². The minimum absolute atomic E-state index is 0.210. The van der Waals surface area contributed by atoms with Crippen molar-refractivity contribution in [3.8, 4) is 0 Å². The standard InChI is InChI=1S/C15H14N4O2S/c1-7-5-10(12-8(2)19-21-14(12)16-7)13(20)18-15-17-11(6-22-15)9-3-4-9/h5-6,9H,3-4H2,1-2H3,(H,17,18,20). The Hall–Kier alpha value is -2.28. The van der Waals surface area contributed by atoms with Gasteiger partial charge in [0.25, 0.3) is 11.6 Å². The number of hydrogen-bond donors (Lipinski definition) is 1. The van der Waals surface area contributed by atoms with E-state index < -0.39 is 0 Å². The normalized spacial score (nSPS) is 14.5. The Kier molecular flexibility index (Phi) is 2.97. The maximum absolute atomic E-state index is 12.6. The van der Waals surface area contributed by atoms with Gasteiger partial charge < -0.3 is 4.52 Å². The summed E-state index contributed by atoms with van der Waals surface area (Å²) in [6.45, 7) is 3.62. The topological polar surface area (TPSA) is 80.9 Å². The lowest BCUT2D eigenvalue weighted by Gasteiger charge is -2.04. The highest BCUT2D eigenvalue weighted by Crippen LogP contribution is 2.41. The second-order valence-electron chi connectivity index (χ2n) is 5.57. The van der Waals surface area contributed by atoms with Gasteiger partial charge in [-0.15, -0.1) is 11.3 Å². The van der Waals surface area contributed by atoms with Crippen LogP contribution < -0.4 is 5.32 Å². The molecule has 1 aliphatic carbocycles. The number of carbonyl (C=O) groups is 1. The summed E-state index contributed by atoms with van der Waals surface area (Å²) in [6, 6.07) is 1.75. The lowest BCUT2D eigenvalue weighted by molar-refractivity contribution is 0.102. The minimum Gasteiger partial charge on any atom is -0.336 e. The molecule has 3 aromatic heterocycles. The van der Waals surface area contributed by atoms with Crippen molar-refractivity contribution in [2.75, 3.05) is 5.32 Å². The Labute approximate surface area is 130 Å². The van der Waals surface area contributed by atoms with Crippen LogP contribution in [0.2, 0.25) is 0 Å². The van der Waals surface area contributed by atoms with Gasteiger partial charge in [-0.1, -0.05) is 5.16 Å². The zero-order chi connectivity index (χ0) is 15.3. The molecule has 0 bridgehead atoms. The van der Waals surface area contributed by atoms with Crippen LogP contribution in [0, 0.1) is 13.8 Å². The summed E-state index contributed by atoms with van der Waals surface area (Å²) in [6.07, 6.45) is 2.39. The molecule has 22 heavy (non-hydrogen) atoms. The molecule has 7 heteroatoms. The quantitative estimate of drug-likeness (QED) is 0.801. The second kappa shape index (κ2) is 4.88. The summed E-state index contributed by atoms with van der Waals surface area (Å²) in [5.74, 6) is 0.371. The van der Waals surface area contributed by atoms with E-state index in [4.69, 9.17) is 4.52 Å². The van der Waals surface area contributed by atoms with Gasteiger partial charge in [0.2, 0.25) is 0 Å². The van der Waals surface area contributed by atoms with Gasteiger partial charge in [-0.3, -0.25) is 10.1 Å². The first kappa shape index (κ1) is 13.4. The van der Waals surface area contributed by atoms with Crippen molar-refractivity contribution in [1.82, 2.24) is 15.1 Å². The predicted octanol–water partition coefficient (Wildman–Crippen LogP) is 3.43. The van der Waals surface area contributed by atoms with Crippen LogP contribution >= 0.6 is 11.3 Å². The average Bonchev–Trinajstić information content (AvgIpc) is 3.13. The Morgan fingerprint density at radius 1 is 1.36 bits per heavy atom. The van der Waals surface area contributed by atoms with Crippen LogP contribution in [-0.2, 0) is 0 Å². The van der Waals surface area contributed by atoms with E-state index in [2.05, 4.69) is 20.4 Å². The number of pyridine rings is 1. The number of fused-ring (bicyclic) bond motifs is 1. The fourth-order valence-electron chi connectivity index (χ4n) is 2.47. The third-order valence-corrected chi connectivity index (χ3v) is 4.50. The Balaban J connectivity index is 1.68. The van der Waals surface area contributed by atoms with Gasteiger partial charge in [0, 0.05) is 17.0 Å². The van der Waals surface area contributed by atoms with Crippen LogP contribution in [0.15, 0.2) is 16.0 Å². The van der Waals surface area contributed by atoms with Crippen molar-refractivity contribution in [1.29, 1.82) is 0 Å². The minimum atomic E-state index is -0.210. The summed E-state index contributed by atoms with van der Waals surface area (Å²) in [5.41, 5.74) is 3.36. The Morgan fingerprint density at radius 2 is 2.18 bits per heavy atom. The molecule has 1 N–H and O–H groups in total. The molecule has 0 aromatic carbocycles. The number of thiazole rings is 1. The van der Waals surface area contributed by atoms with Crippen molar-refractivity contribution < 1.29 is 9.32 Å². The van der Waals surface area contributed by atoms with Gasteiger partial charge in [0.05, 0.1) is 22.3 Å². The zero-order valence-electron chi connectivity index (χ0n) is 12.2. The van der Waals surface area contributed by atoms with E-state index in [-0.39, 0.29) is 5.91 Å². The number of nitrogens with one attached hydrogen (secondary N) is 1. The lowest BCUT2D eigenvalue weighted by atomic mass is 10.1. The molecule has 1 saturated carbocycles. The molecule has 4 rings (SSSR count). The molecular weight excluding hydrogens is 300 g/mol. The molecule has 112 valence electrons. The predicted molar refractivity (Wildman–Crippen MR) is 83.3 cm³/mol. The highest BCUT2D eigenvalue weighted by molar-refractivity contribution is 7.14. The maximum atomic E-state index is 12.6. The first-order chi connectivity index (χ1) is 10.6. The van der Waals surface area contributed by atoms with Crippen LogP contribution in [0.5, 0.6) is 0 Å². The second-order valence-corrected chi connectivity index (χ2v) is 6.42. The highest BCUT2D eigenvalue weighted by Gasteiger charge is 2.26. The number of aromatic nitrogens is 3. The molecule has 0 saturated heterocycles. The van der Waals surface area contributed by atoms with E-state index in [0.717, 1.165) is 5.69 Å². The van der Waals surface area contributed by atoms with Gasteiger partial charge in [-0.2, -0.15) is 0 Å². The Bertz CT molecular complexity index is 879. The smallest absolute Gasteiger partial charge is 0.258 e. The van der Waals surface area contributed by atoms with E-state index in [1.165, 1.54) is 24.2 Å². The average molecular weight is 314 g/mol. The number of rotatable bonds is 3. The zero-order valence-corrected chi connectivity index (χ0v) is 13.0. The summed E-state index contributed by atoms with van der Waals surface area (Å²) in [7, 11) is 0. The molecule has 6 nitrogen and oxygen atoms in total. The van der Waals surface area contributed by atoms with Gasteiger partial charge >= 0.3 is 0 Å². The fraction of sp³-hybridized carbons (Fsp3) is 0.333. The van der Waals surface area contributed by atoms with Crippen molar-refractivity contribution in [2.24, 2.45) is 0 Å². The monoisotopic (exact) mass is 314 g/mol. The summed E-state index contributed by atoms with van der Waals surface area (Å²) in [4.78, 5) is 21.3. The van der Waals surface area contributed by atoms with E-state index in [1.807, 2.05) is 12.3 Å². The van der Waals surface area contributed by atoms with Gasteiger partial charge in [-0.05, 0) is 32.8 Å². The first-order valence-corrected chi connectivity index (χ1v) is 8.00. The molecular formula is C15H14N4O2S. The number of hydrogen-bond acceptors (Lipinski definition) is 6. The van der Waals surface area contributed by atoms with Crippen molar-refractivity contribution >= 4 is 33.5 Å². The molecule has 0 unspecified atom stereocenters. The van der Waals surface area contributed by atoms with E-state index in [0.29, 0.717) is 39.1 Å². The van der Waals surface area contributed by atoms with Gasteiger partial charge in [0.1, 0.15) is 0 Å². The van der Waals surface area contributed by atoms with Crippen molar-refractivity contribution in [2.45, 2.75) is 32.6 Å². The summed E-state index contributed by atoms with van der Waals surface area (Å²) >= 11 is 1.46. The molecule has 1 amide bonds. The Morgan fingerprint density at radius 3 is 2.95 bits per heavy atom. The first-order valence-electron chi connectivity index (χ1n) is 7.12. The van der Waals surface area contributed by atoms with Crippen LogP contribution in [0.4, 0.5) is 5.13 Å². The third-order valence-electron chi connectivity index (χ3n) is 3.73.